The lowest BCUT2D eigenvalue weighted by atomic mass is 9.64. The van der Waals surface area contributed by atoms with Crippen LogP contribution in [0.15, 0.2) is 24.3 Å². The van der Waals surface area contributed by atoms with Crippen molar-refractivity contribution in [3.8, 4) is 0 Å². The van der Waals surface area contributed by atoms with Gasteiger partial charge in [-0.2, -0.15) is 0 Å². The molecular weight excluding hydrogens is 286 g/mol. The maximum absolute atomic E-state index is 11.9. The Morgan fingerprint density at radius 3 is 2.57 bits per heavy atom. The molecule has 116 valence electrons. The average molecular weight is 310 g/mol. The molecule has 2 rings (SSSR count). The van der Waals surface area contributed by atoms with Gasteiger partial charge in [0.15, 0.2) is 0 Å². The summed E-state index contributed by atoms with van der Waals surface area (Å²) in [5.41, 5.74) is 1.41. The molecule has 1 fully saturated rings. The Labute approximate surface area is 132 Å². The minimum absolute atomic E-state index is 0.118. The summed E-state index contributed by atoms with van der Waals surface area (Å²) in [4.78, 5) is 11.9. The van der Waals surface area contributed by atoms with Gasteiger partial charge in [-0.15, -0.1) is 0 Å². The Hall–Kier alpha value is -1.06. The molecule has 21 heavy (non-hydrogen) atoms. The summed E-state index contributed by atoms with van der Waals surface area (Å²) < 4.78 is 4.99. The SMILES string of the molecule is COCCCCC(=O)NCC1(c2ccc(Cl)cc2)CCC1. The van der Waals surface area contributed by atoms with Gasteiger partial charge < -0.3 is 10.1 Å². The minimum Gasteiger partial charge on any atom is -0.385 e. The molecule has 0 spiro atoms. The maximum Gasteiger partial charge on any atom is 0.220 e. The highest BCUT2D eigenvalue weighted by atomic mass is 35.5. The van der Waals surface area contributed by atoms with Crippen molar-refractivity contribution in [2.45, 2.75) is 43.9 Å². The molecule has 1 aliphatic carbocycles. The summed E-state index contributed by atoms with van der Waals surface area (Å²) in [7, 11) is 1.69. The van der Waals surface area contributed by atoms with E-state index in [9.17, 15) is 4.79 Å². The van der Waals surface area contributed by atoms with Crippen LogP contribution in [0.4, 0.5) is 0 Å². The summed E-state index contributed by atoms with van der Waals surface area (Å²) in [5, 5.41) is 3.86. The number of benzene rings is 1. The van der Waals surface area contributed by atoms with E-state index < -0.39 is 0 Å². The molecule has 0 heterocycles. The van der Waals surface area contributed by atoms with Crippen LogP contribution in [0.3, 0.4) is 0 Å². The molecule has 1 saturated carbocycles. The fourth-order valence-corrected chi connectivity index (χ4v) is 2.99. The fourth-order valence-electron chi connectivity index (χ4n) is 2.86. The van der Waals surface area contributed by atoms with E-state index in [1.807, 2.05) is 12.1 Å². The smallest absolute Gasteiger partial charge is 0.220 e. The second-order valence-corrected chi connectivity index (χ2v) is 6.30. The van der Waals surface area contributed by atoms with Gasteiger partial charge in [0.1, 0.15) is 0 Å². The highest BCUT2D eigenvalue weighted by Gasteiger charge is 2.38. The van der Waals surface area contributed by atoms with Crippen molar-refractivity contribution in [2.24, 2.45) is 0 Å². The number of methoxy groups -OCH3 is 1. The molecule has 0 saturated heterocycles. The van der Waals surface area contributed by atoms with Crippen LogP contribution in [-0.2, 0) is 14.9 Å². The second-order valence-electron chi connectivity index (χ2n) is 5.87. The van der Waals surface area contributed by atoms with Crippen molar-refractivity contribution in [3.05, 3.63) is 34.9 Å². The van der Waals surface area contributed by atoms with E-state index >= 15 is 0 Å². The van der Waals surface area contributed by atoms with Crippen molar-refractivity contribution >= 4 is 17.5 Å². The summed E-state index contributed by atoms with van der Waals surface area (Å²) in [6.45, 7) is 1.46. The number of amides is 1. The summed E-state index contributed by atoms with van der Waals surface area (Å²) in [5.74, 6) is 0.145. The molecule has 0 radical (unpaired) electrons. The van der Waals surface area contributed by atoms with Gasteiger partial charge in [0, 0.05) is 37.1 Å². The number of ether oxygens (including phenoxy) is 1. The zero-order chi connectivity index (χ0) is 15.1. The first-order valence-corrected chi connectivity index (χ1v) is 8.06. The van der Waals surface area contributed by atoms with Crippen molar-refractivity contribution < 1.29 is 9.53 Å². The first kappa shape index (κ1) is 16.3. The fraction of sp³-hybridized carbons (Fsp3) is 0.588. The number of halogens is 1. The Morgan fingerprint density at radius 2 is 2.00 bits per heavy atom. The van der Waals surface area contributed by atoms with Gasteiger partial charge >= 0.3 is 0 Å². The van der Waals surface area contributed by atoms with Crippen LogP contribution in [0.25, 0.3) is 0 Å². The van der Waals surface area contributed by atoms with Crippen LogP contribution in [0.5, 0.6) is 0 Å². The predicted octanol–water partition coefficient (Wildman–Crippen LogP) is 3.69. The van der Waals surface area contributed by atoms with Crippen LogP contribution in [0.2, 0.25) is 5.02 Å². The van der Waals surface area contributed by atoms with Gasteiger partial charge in [0.2, 0.25) is 5.91 Å². The van der Waals surface area contributed by atoms with Crippen molar-refractivity contribution in [1.29, 1.82) is 0 Å². The summed E-state index contributed by atoms with van der Waals surface area (Å²) in [6.07, 6.45) is 5.91. The minimum atomic E-state index is 0.118. The molecule has 1 aromatic carbocycles. The molecule has 0 aromatic heterocycles. The van der Waals surface area contributed by atoms with Gasteiger partial charge in [-0.25, -0.2) is 0 Å². The number of carbonyl (C=O) groups excluding carboxylic acids is 1. The van der Waals surface area contributed by atoms with Crippen LogP contribution < -0.4 is 5.32 Å². The van der Waals surface area contributed by atoms with Gasteiger partial charge in [-0.1, -0.05) is 30.2 Å². The van der Waals surface area contributed by atoms with Crippen LogP contribution in [-0.4, -0.2) is 26.2 Å². The Morgan fingerprint density at radius 1 is 1.29 bits per heavy atom. The van der Waals surface area contributed by atoms with E-state index in [1.165, 1.54) is 12.0 Å². The molecule has 1 amide bonds. The van der Waals surface area contributed by atoms with Crippen LogP contribution in [0, 0.1) is 0 Å². The summed E-state index contributed by atoms with van der Waals surface area (Å²) in [6, 6.07) is 8.05. The maximum atomic E-state index is 11.9. The molecule has 4 heteroatoms. The lowest BCUT2D eigenvalue weighted by Crippen LogP contribution is -2.45. The standard InChI is InChI=1S/C17H24ClNO2/c1-21-12-3-2-5-16(20)19-13-17(10-4-11-17)14-6-8-15(18)9-7-14/h6-9H,2-5,10-13H2,1H3,(H,19,20). The van der Waals surface area contributed by atoms with E-state index in [0.717, 1.165) is 43.9 Å². The van der Waals surface area contributed by atoms with E-state index in [2.05, 4.69) is 17.4 Å². The Bertz CT molecular complexity index is 454. The third-order valence-electron chi connectivity index (χ3n) is 4.39. The predicted molar refractivity (Wildman–Crippen MR) is 85.7 cm³/mol. The summed E-state index contributed by atoms with van der Waals surface area (Å²) >= 11 is 5.95. The lowest BCUT2D eigenvalue weighted by Gasteiger charge is -2.42. The zero-order valence-corrected chi connectivity index (χ0v) is 13.4. The quantitative estimate of drug-likeness (QED) is 0.744. The third-order valence-corrected chi connectivity index (χ3v) is 4.65. The number of unbranched alkanes of at least 4 members (excludes halogenated alkanes) is 1. The van der Waals surface area contributed by atoms with Crippen molar-refractivity contribution in [1.82, 2.24) is 5.32 Å². The van der Waals surface area contributed by atoms with E-state index in [0.29, 0.717) is 6.42 Å². The molecule has 0 atom stereocenters. The van der Waals surface area contributed by atoms with Crippen LogP contribution in [0.1, 0.15) is 44.1 Å². The molecule has 1 aromatic rings. The van der Waals surface area contributed by atoms with Gasteiger partial charge in [0.25, 0.3) is 0 Å². The molecule has 1 aliphatic rings. The molecule has 1 N–H and O–H groups in total. The first-order valence-electron chi connectivity index (χ1n) is 7.68. The second kappa shape index (κ2) is 7.81. The number of hydrogen-bond donors (Lipinski definition) is 1. The number of rotatable bonds is 8. The Kier molecular flexibility index (Phi) is 6.07. The topological polar surface area (TPSA) is 38.3 Å². The third kappa shape index (κ3) is 4.45. The van der Waals surface area contributed by atoms with Gasteiger partial charge in [-0.05, 0) is 43.4 Å². The van der Waals surface area contributed by atoms with Crippen molar-refractivity contribution in [3.63, 3.8) is 0 Å². The number of nitrogens with one attached hydrogen (secondary N) is 1. The molecule has 0 unspecified atom stereocenters. The highest BCUT2D eigenvalue weighted by Crippen LogP contribution is 2.43. The number of carbonyl (C=O) groups is 1. The van der Waals surface area contributed by atoms with Gasteiger partial charge in [0.05, 0.1) is 0 Å². The molecule has 0 aliphatic heterocycles. The lowest BCUT2D eigenvalue weighted by molar-refractivity contribution is -0.121. The highest BCUT2D eigenvalue weighted by molar-refractivity contribution is 6.30. The van der Waals surface area contributed by atoms with Crippen molar-refractivity contribution in [2.75, 3.05) is 20.3 Å². The first-order chi connectivity index (χ1) is 10.2. The van der Waals surface area contributed by atoms with Crippen LogP contribution >= 0.6 is 11.6 Å². The number of hydrogen-bond acceptors (Lipinski definition) is 2. The van der Waals surface area contributed by atoms with E-state index in [-0.39, 0.29) is 11.3 Å². The molecule has 3 nitrogen and oxygen atoms in total. The Balaban J connectivity index is 1.82. The molecule has 0 bridgehead atoms. The monoisotopic (exact) mass is 309 g/mol. The largest absolute Gasteiger partial charge is 0.385 e. The average Bonchev–Trinajstić information content (AvgIpc) is 2.44. The normalized spacial score (nSPS) is 16.3. The molecular formula is C17H24ClNO2. The van der Waals surface area contributed by atoms with Gasteiger partial charge in [-0.3, -0.25) is 4.79 Å². The zero-order valence-electron chi connectivity index (χ0n) is 12.7. The van der Waals surface area contributed by atoms with E-state index in [1.54, 1.807) is 7.11 Å². The van der Waals surface area contributed by atoms with E-state index in [4.69, 9.17) is 16.3 Å².